The molecule has 1 N–H and O–H groups in total. The van der Waals surface area contributed by atoms with Crippen molar-refractivity contribution in [3.63, 3.8) is 0 Å². The van der Waals surface area contributed by atoms with Gasteiger partial charge in [-0.15, -0.1) is 11.6 Å². The van der Waals surface area contributed by atoms with E-state index >= 15 is 0 Å². The Hall–Kier alpha value is -0.540. The van der Waals surface area contributed by atoms with Gasteiger partial charge in [-0.05, 0) is 35.2 Å². The molecule has 1 saturated carbocycles. The first kappa shape index (κ1) is 11.9. The van der Waals surface area contributed by atoms with Crippen molar-refractivity contribution in [2.24, 2.45) is 0 Å². The molecule has 0 radical (unpaired) electrons. The Balaban J connectivity index is 1.87. The number of thiophene rings is 1. The van der Waals surface area contributed by atoms with Crippen LogP contribution in [0.25, 0.3) is 0 Å². The molecule has 88 valence electrons. The van der Waals surface area contributed by atoms with Gasteiger partial charge in [-0.1, -0.05) is 19.3 Å². The summed E-state index contributed by atoms with van der Waals surface area (Å²) in [5.41, 5.74) is 0.903. The molecule has 1 amide bonds. The fourth-order valence-corrected chi connectivity index (χ4v) is 3.05. The molecule has 1 fully saturated rings. The third kappa shape index (κ3) is 2.98. The van der Waals surface area contributed by atoms with E-state index < -0.39 is 5.38 Å². The lowest BCUT2D eigenvalue weighted by Crippen LogP contribution is -2.37. The monoisotopic (exact) mass is 257 g/mol. The van der Waals surface area contributed by atoms with Crippen molar-refractivity contribution >= 4 is 28.8 Å². The van der Waals surface area contributed by atoms with E-state index in [2.05, 4.69) is 5.32 Å². The smallest absolute Gasteiger partial charge is 0.242 e. The minimum Gasteiger partial charge on any atom is -0.352 e. The molecule has 0 aromatic carbocycles. The minimum atomic E-state index is -0.534. The predicted molar refractivity (Wildman–Crippen MR) is 67.9 cm³/mol. The summed E-state index contributed by atoms with van der Waals surface area (Å²) in [5, 5.41) is 6.38. The van der Waals surface area contributed by atoms with Crippen molar-refractivity contribution in [3.8, 4) is 0 Å². The highest BCUT2D eigenvalue weighted by atomic mass is 35.5. The zero-order valence-corrected chi connectivity index (χ0v) is 10.7. The third-order valence-electron chi connectivity index (χ3n) is 3.02. The number of rotatable bonds is 3. The van der Waals surface area contributed by atoms with Crippen LogP contribution < -0.4 is 5.32 Å². The zero-order valence-electron chi connectivity index (χ0n) is 9.12. The van der Waals surface area contributed by atoms with Crippen LogP contribution >= 0.6 is 22.9 Å². The van der Waals surface area contributed by atoms with Crippen molar-refractivity contribution in [3.05, 3.63) is 22.4 Å². The van der Waals surface area contributed by atoms with Gasteiger partial charge in [-0.2, -0.15) is 11.3 Å². The van der Waals surface area contributed by atoms with Crippen LogP contribution in [0.5, 0.6) is 0 Å². The number of carbonyl (C=O) groups is 1. The van der Waals surface area contributed by atoms with Gasteiger partial charge in [0, 0.05) is 6.04 Å². The summed E-state index contributed by atoms with van der Waals surface area (Å²) in [6, 6.07) is 2.24. The van der Waals surface area contributed by atoms with Crippen molar-refractivity contribution in [1.29, 1.82) is 0 Å². The highest BCUT2D eigenvalue weighted by molar-refractivity contribution is 7.08. The summed E-state index contributed by atoms with van der Waals surface area (Å²) in [4.78, 5) is 11.9. The van der Waals surface area contributed by atoms with Crippen molar-refractivity contribution < 1.29 is 4.79 Å². The molecule has 1 aliphatic rings. The SMILES string of the molecule is O=C(NC1CCCCC1)C(Cl)c1ccsc1. The average molecular weight is 258 g/mol. The van der Waals surface area contributed by atoms with Gasteiger partial charge >= 0.3 is 0 Å². The maximum Gasteiger partial charge on any atom is 0.242 e. The number of nitrogens with one attached hydrogen (secondary N) is 1. The van der Waals surface area contributed by atoms with Crippen LogP contribution in [-0.2, 0) is 4.79 Å². The topological polar surface area (TPSA) is 29.1 Å². The van der Waals surface area contributed by atoms with E-state index in [9.17, 15) is 4.79 Å². The number of hydrogen-bond acceptors (Lipinski definition) is 2. The molecule has 16 heavy (non-hydrogen) atoms. The van der Waals surface area contributed by atoms with Gasteiger partial charge in [0.25, 0.3) is 0 Å². The molecule has 2 rings (SSSR count). The van der Waals surface area contributed by atoms with Gasteiger partial charge < -0.3 is 5.32 Å². The minimum absolute atomic E-state index is 0.0491. The second-order valence-corrected chi connectivity index (χ2v) is 5.48. The quantitative estimate of drug-likeness (QED) is 0.826. The van der Waals surface area contributed by atoms with Gasteiger partial charge in [0.1, 0.15) is 5.38 Å². The van der Waals surface area contributed by atoms with Crippen LogP contribution in [0.1, 0.15) is 43.0 Å². The average Bonchev–Trinajstić information content (AvgIpc) is 2.83. The third-order valence-corrected chi connectivity index (χ3v) is 4.17. The number of alkyl halides is 1. The predicted octanol–water partition coefficient (Wildman–Crippen LogP) is 3.48. The number of halogens is 1. The highest BCUT2D eigenvalue weighted by Crippen LogP contribution is 2.24. The Labute approximate surface area is 105 Å². The summed E-state index contributed by atoms with van der Waals surface area (Å²) in [6.07, 6.45) is 5.92. The molecular weight excluding hydrogens is 242 g/mol. The molecule has 1 aromatic rings. The summed E-state index contributed by atoms with van der Waals surface area (Å²) in [6.45, 7) is 0. The van der Waals surface area contributed by atoms with Crippen LogP contribution in [0.2, 0.25) is 0 Å². The lowest BCUT2D eigenvalue weighted by atomic mass is 9.95. The van der Waals surface area contributed by atoms with Gasteiger partial charge in [0.15, 0.2) is 0 Å². The van der Waals surface area contributed by atoms with Crippen molar-refractivity contribution in [1.82, 2.24) is 5.32 Å². The second kappa shape index (κ2) is 5.69. The maximum absolute atomic E-state index is 11.9. The van der Waals surface area contributed by atoms with Crippen molar-refractivity contribution in [2.75, 3.05) is 0 Å². The van der Waals surface area contributed by atoms with Crippen LogP contribution in [0.3, 0.4) is 0 Å². The Morgan fingerprint density at radius 3 is 2.81 bits per heavy atom. The summed E-state index contributed by atoms with van der Waals surface area (Å²) < 4.78 is 0. The van der Waals surface area contributed by atoms with E-state index in [4.69, 9.17) is 11.6 Å². The van der Waals surface area contributed by atoms with E-state index in [1.54, 1.807) is 11.3 Å². The van der Waals surface area contributed by atoms with Gasteiger partial charge in [-0.3, -0.25) is 4.79 Å². The fraction of sp³-hybridized carbons (Fsp3) is 0.583. The molecule has 0 aliphatic heterocycles. The van der Waals surface area contributed by atoms with E-state index in [1.807, 2.05) is 16.8 Å². The molecule has 1 unspecified atom stereocenters. The molecule has 2 nitrogen and oxygen atoms in total. The van der Waals surface area contributed by atoms with E-state index in [1.165, 1.54) is 19.3 Å². The standard InChI is InChI=1S/C12H16ClNOS/c13-11(9-6-7-16-8-9)12(15)14-10-4-2-1-3-5-10/h6-8,10-11H,1-5H2,(H,14,15). The molecule has 0 bridgehead atoms. The Morgan fingerprint density at radius 2 is 2.19 bits per heavy atom. The second-order valence-electron chi connectivity index (χ2n) is 4.26. The van der Waals surface area contributed by atoms with Crippen molar-refractivity contribution in [2.45, 2.75) is 43.5 Å². The number of carbonyl (C=O) groups excluding carboxylic acids is 1. The summed E-state index contributed by atoms with van der Waals surface area (Å²) >= 11 is 7.68. The lowest BCUT2D eigenvalue weighted by molar-refractivity contribution is -0.121. The van der Waals surface area contributed by atoms with E-state index in [-0.39, 0.29) is 5.91 Å². The molecular formula is C12H16ClNOS. The van der Waals surface area contributed by atoms with Gasteiger partial charge in [0.05, 0.1) is 0 Å². The number of amides is 1. The van der Waals surface area contributed by atoms with E-state index in [0.717, 1.165) is 18.4 Å². The van der Waals surface area contributed by atoms with Gasteiger partial charge in [-0.25, -0.2) is 0 Å². The largest absolute Gasteiger partial charge is 0.352 e. The maximum atomic E-state index is 11.9. The zero-order chi connectivity index (χ0) is 11.4. The molecule has 1 aromatic heterocycles. The first-order chi connectivity index (χ1) is 7.77. The molecule has 0 spiro atoms. The summed E-state index contributed by atoms with van der Waals surface area (Å²) in [7, 11) is 0. The lowest BCUT2D eigenvalue weighted by Gasteiger charge is -2.23. The Kier molecular flexibility index (Phi) is 4.24. The molecule has 0 saturated heterocycles. The molecule has 1 aliphatic carbocycles. The molecule has 4 heteroatoms. The van der Waals surface area contributed by atoms with Crippen LogP contribution in [0, 0.1) is 0 Å². The van der Waals surface area contributed by atoms with Crippen LogP contribution in [-0.4, -0.2) is 11.9 Å². The fourth-order valence-electron chi connectivity index (χ4n) is 2.09. The number of hydrogen-bond donors (Lipinski definition) is 1. The first-order valence-electron chi connectivity index (χ1n) is 5.74. The molecule has 1 heterocycles. The van der Waals surface area contributed by atoms with Crippen LogP contribution in [0.4, 0.5) is 0 Å². The normalized spacial score (nSPS) is 19.3. The van der Waals surface area contributed by atoms with Gasteiger partial charge in [0.2, 0.25) is 5.91 Å². The first-order valence-corrected chi connectivity index (χ1v) is 7.12. The summed E-state index contributed by atoms with van der Waals surface area (Å²) in [5.74, 6) is -0.0491. The molecule has 1 atom stereocenters. The Morgan fingerprint density at radius 1 is 1.44 bits per heavy atom. The van der Waals surface area contributed by atoms with E-state index in [0.29, 0.717) is 6.04 Å². The Bertz CT molecular complexity index is 333. The highest BCUT2D eigenvalue weighted by Gasteiger charge is 2.22. The van der Waals surface area contributed by atoms with Crippen LogP contribution in [0.15, 0.2) is 16.8 Å².